The van der Waals surface area contributed by atoms with E-state index in [0.717, 1.165) is 18.8 Å². The van der Waals surface area contributed by atoms with Crippen molar-refractivity contribution in [3.05, 3.63) is 0 Å². The van der Waals surface area contributed by atoms with Crippen LogP contribution in [0.15, 0.2) is 0 Å². The van der Waals surface area contributed by atoms with E-state index in [2.05, 4.69) is 20.8 Å². The topological polar surface area (TPSA) is 29.5 Å². The van der Waals surface area contributed by atoms with E-state index in [1.165, 1.54) is 75.7 Å². The summed E-state index contributed by atoms with van der Waals surface area (Å²) in [4.78, 5) is 0. The van der Waals surface area contributed by atoms with Crippen molar-refractivity contribution in [2.45, 2.75) is 97.5 Å². The molecule has 2 atom stereocenters. The molecule has 0 radical (unpaired) electrons. The summed E-state index contributed by atoms with van der Waals surface area (Å²) in [6.45, 7) is 8.08. The molecule has 0 spiro atoms. The molecule has 0 aromatic rings. The summed E-state index contributed by atoms with van der Waals surface area (Å²) in [6.07, 6.45) is 14.5. The summed E-state index contributed by atoms with van der Waals surface area (Å²) in [6, 6.07) is 0. The first-order valence-corrected chi connectivity index (χ1v) is 11.9. The molecule has 0 aromatic carbocycles. The standard InChI is InChI=1S/C20H43O2S/c1-4-7-8-9-10-11-12-13-14-15-16-22-18-20(21)19-23(6-3)17-5-2/h20-21H,4-19H2,1-3H3/q+1. The zero-order chi connectivity index (χ0) is 17.2. The zero-order valence-electron chi connectivity index (χ0n) is 16.2. The monoisotopic (exact) mass is 347 g/mol. The van der Waals surface area contributed by atoms with Gasteiger partial charge in [-0.15, -0.1) is 0 Å². The number of ether oxygens (including phenoxy) is 1. The van der Waals surface area contributed by atoms with Gasteiger partial charge in [0.25, 0.3) is 0 Å². The first-order valence-electron chi connectivity index (χ1n) is 10.1. The van der Waals surface area contributed by atoms with E-state index in [1.807, 2.05) is 0 Å². The van der Waals surface area contributed by atoms with Crippen LogP contribution in [0, 0.1) is 0 Å². The van der Waals surface area contributed by atoms with Gasteiger partial charge in [0.15, 0.2) is 0 Å². The smallest absolute Gasteiger partial charge is 0.136 e. The largest absolute Gasteiger partial charge is 0.386 e. The van der Waals surface area contributed by atoms with Crippen LogP contribution in [0.1, 0.15) is 91.4 Å². The maximum atomic E-state index is 10.0. The van der Waals surface area contributed by atoms with Crippen LogP contribution >= 0.6 is 0 Å². The van der Waals surface area contributed by atoms with Gasteiger partial charge in [-0.25, -0.2) is 0 Å². The Balaban J connectivity index is 3.26. The predicted octanol–water partition coefficient (Wildman–Crippen LogP) is 5.33. The number of hydrogen-bond acceptors (Lipinski definition) is 2. The molecule has 0 aliphatic rings. The molecule has 0 fully saturated rings. The van der Waals surface area contributed by atoms with E-state index in [1.54, 1.807) is 0 Å². The fraction of sp³-hybridized carbons (Fsp3) is 1.00. The van der Waals surface area contributed by atoms with Gasteiger partial charge in [0, 0.05) is 6.61 Å². The van der Waals surface area contributed by atoms with Crippen LogP contribution in [0.25, 0.3) is 0 Å². The zero-order valence-corrected chi connectivity index (χ0v) is 17.0. The SMILES string of the molecule is CCCCCCCCCCCCOCC(O)C[S+](CC)CCC. The third-order valence-electron chi connectivity index (χ3n) is 4.28. The Hall–Kier alpha value is 0.270. The van der Waals surface area contributed by atoms with Crippen molar-refractivity contribution >= 4 is 10.9 Å². The minimum atomic E-state index is -0.257. The summed E-state index contributed by atoms with van der Waals surface area (Å²) >= 11 is 0. The molecule has 0 aliphatic carbocycles. The molecule has 0 aliphatic heterocycles. The molecule has 23 heavy (non-hydrogen) atoms. The summed E-state index contributed by atoms with van der Waals surface area (Å²) in [5.74, 6) is 3.39. The Kier molecular flexibility index (Phi) is 18.8. The molecule has 0 aromatic heterocycles. The van der Waals surface area contributed by atoms with Gasteiger partial charge in [-0.2, -0.15) is 0 Å². The van der Waals surface area contributed by atoms with Gasteiger partial charge in [-0.05, 0) is 30.7 Å². The lowest BCUT2D eigenvalue weighted by molar-refractivity contribution is 0.0465. The highest BCUT2D eigenvalue weighted by molar-refractivity contribution is 7.96. The molecule has 140 valence electrons. The van der Waals surface area contributed by atoms with Crippen molar-refractivity contribution in [1.29, 1.82) is 0 Å². The van der Waals surface area contributed by atoms with Gasteiger partial charge in [0.1, 0.15) is 23.4 Å². The minimum Gasteiger partial charge on any atom is -0.386 e. The first kappa shape index (κ1) is 23.3. The van der Waals surface area contributed by atoms with Crippen LogP contribution in [-0.4, -0.2) is 41.7 Å². The number of hydrogen-bond donors (Lipinski definition) is 1. The van der Waals surface area contributed by atoms with Gasteiger partial charge in [0.05, 0.1) is 6.61 Å². The van der Waals surface area contributed by atoms with Crippen molar-refractivity contribution in [3.63, 3.8) is 0 Å². The van der Waals surface area contributed by atoms with Crippen LogP contribution in [0.4, 0.5) is 0 Å². The Labute approximate surface area is 149 Å². The second kappa shape index (κ2) is 18.6. The third-order valence-corrected chi connectivity index (χ3v) is 6.94. The van der Waals surface area contributed by atoms with E-state index in [-0.39, 0.29) is 6.10 Å². The first-order chi connectivity index (χ1) is 11.2. The average molecular weight is 348 g/mol. The van der Waals surface area contributed by atoms with E-state index < -0.39 is 0 Å². The molecule has 0 rings (SSSR count). The Morgan fingerprint density at radius 3 is 1.87 bits per heavy atom. The maximum absolute atomic E-state index is 10.0. The highest BCUT2D eigenvalue weighted by atomic mass is 32.2. The van der Waals surface area contributed by atoms with Crippen LogP contribution in [0.5, 0.6) is 0 Å². The number of rotatable bonds is 18. The Bertz CT molecular complexity index is 224. The second-order valence-electron chi connectivity index (χ2n) is 6.68. The molecule has 0 saturated heterocycles. The van der Waals surface area contributed by atoms with Crippen LogP contribution in [-0.2, 0) is 15.6 Å². The third kappa shape index (κ3) is 16.9. The fourth-order valence-electron chi connectivity index (χ4n) is 2.87. The second-order valence-corrected chi connectivity index (χ2v) is 9.23. The minimum absolute atomic E-state index is 0.257. The predicted molar refractivity (Wildman–Crippen MR) is 107 cm³/mol. The van der Waals surface area contributed by atoms with E-state index >= 15 is 0 Å². The van der Waals surface area contributed by atoms with Crippen molar-refractivity contribution in [2.75, 3.05) is 30.5 Å². The van der Waals surface area contributed by atoms with Gasteiger partial charge < -0.3 is 9.84 Å². The lowest BCUT2D eigenvalue weighted by atomic mass is 10.1. The lowest BCUT2D eigenvalue weighted by Crippen LogP contribution is -2.28. The highest BCUT2D eigenvalue weighted by Gasteiger charge is 2.19. The number of unbranched alkanes of at least 4 members (excludes halogenated alkanes) is 9. The number of aliphatic hydroxyl groups is 1. The fourth-order valence-corrected chi connectivity index (χ4v) is 4.77. The molecule has 2 nitrogen and oxygen atoms in total. The molecule has 0 amide bonds. The van der Waals surface area contributed by atoms with Crippen molar-refractivity contribution in [1.82, 2.24) is 0 Å². The Morgan fingerprint density at radius 2 is 1.35 bits per heavy atom. The normalized spacial score (nSPS) is 14.1. The van der Waals surface area contributed by atoms with Crippen molar-refractivity contribution in [2.24, 2.45) is 0 Å². The number of aliphatic hydroxyl groups excluding tert-OH is 1. The summed E-state index contributed by atoms with van der Waals surface area (Å²) in [5, 5.41) is 10.0. The van der Waals surface area contributed by atoms with E-state index in [0.29, 0.717) is 17.5 Å². The highest BCUT2D eigenvalue weighted by Crippen LogP contribution is 2.10. The quantitative estimate of drug-likeness (QED) is 0.268. The van der Waals surface area contributed by atoms with Gasteiger partial charge in [0.2, 0.25) is 0 Å². The van der Waals surface area contributed by atoms with E-state index in [9.17, 15) is 5.11 Å². The summed E-state index contributed by atoms with van der Waals surface area (Å²) < 4.78 is 5.65. The van der Waals surface area contributed by atoms with Gasteiger partial charge in [-0.3, -0.25) is 0 Å². The molecule has 2 unspecified atom stereocenters. The van der Waals surface area contributed by atoms with Gasteiger partial charge >= 0.3 is 0 Å². The molecule has 0 heterocycles. The molecule has 3 heteroatoms. The molecular formula is C20H43O2S+. The van der Waals surface area contributed by atoms with E-state index in [4.69, 9.17) is 4.74 Å². The van der Waals surface area contributed by atoms with Crippen LogP contribution in [0.3, 0.4) is 0 Å². The maximum Gasteiger partial charge on any atom is 0.136 e. The molecule has 1 N–H and O–H groups in total. The molecular weight excluding hydrogens is 304 g/mol. The molecule has 0 bridgehead atoms. The summed E-state index contributed by atoms with van der Waals surface area (Å²) in [5.41, 5.74) is 0. The van der Waals surface area contributed by atoms with Crippen LogP contribution in [0.2, 0.25) is 0 Å². The summed E-state index contributed by atoms with van der Waals surface area (Å²) in [7, 11) is 0.392. The van der Waals surface area contributed by atoms with Crippen LogP contribution < -0.4 is 0 Å². The lowest BCUT2D eigenvalue weighted by Gasteiger charge is -2.12. The van der Waals surface area contributed by atoms with Gasteiger partial charge in [-0.1, -0.05) is 71.6 Å². The molecule has 0 saturated carbocycles. The van der Waals surface area contributed by atoms with Crippen molar-refractivity contribution < 1.29 is 9.84 Å². The van der Waals surface area contributed by atoms with Crippen molar-refractivity contribution in [3.8, 4) is 0 Å². The Morgan fingerprint density at radius 1 is 0.783 bits per heavy atom. The average Bonchev–Trinajstić information content (AvgIpc) is 2.55.